The van der Waals surface area contributed by atoms with Crippen LogP contribution in [-0.2, 0) is 22.5 Å². The summed E-state index contributed by atoms with van der Waals surface area (Å²) in [5.74, 6) is 2.96. The van der Waals surface area contributed by atoms with Gasteiger partial charge in [0.25, 0.3) is 0 Å². The Labute approximate surface area is 191 Å². The van der Waals surface area contributed by atoms with Gasteiger partial charge >= 0.3 is 5.97 Å². The minimum absolute atomic E-state index is 0.0218. The fourth-order valence-corrected chi connectivity index (χ4v) is 6.17. The molecule has 1 fully saturated rings. The third kappa shape index (κ3) is 2.93. The zero-order valence-corrected chi connectivity index (χ0v) is 18.5. The Morgan fingerprint density at radius 1 is 1.06 bits per heavy atom. The summed E-state index contributed by atoms with van der Waals surface area (Å²) in [6.07, 6.45) is 2.16. The predicted octanol–water partition coefficient (Wildman–Crippen LogP) is 2.63. The van der Waals surface area contributed by atoms with Gasteiger partial charge in [-0.05, 0) is 61.3 Å². The normalized spacial score (nSPS) is 28.8. The van der Waals surface area contributed by atoms with Crippen LogP contribution in [0.15, 0.2) is 24.3 Å². The molecule has 4 unspecified atom stereocenters. The molecule has 4 atom stereocenters. The second kappa shape index (κ2) is 7.27. The average molecular weight is 450 g/mol. The predicted molar refractivity (Wildman–Crippen MR) is 117 cm³/mol. The summed E-state index contributed by atoms with van der Waals surface area (Å²) in [5, 5.41) is 3.27. The highest BCUT2D eigenvalue weighted by atomic mass is 16.7. The molecule has 0 bridgehead atoms. The molecule has 0 amide bonds. The minimum Gasteiger partial charge on any atom is -0.460 e. The van der Waals surface area contributed by atoms with Gasteiger partial charge in [0.15, 0.2) is 23.0 Å². The molecule has 172 valence electrons. The van der Waals surface area contributed by atoms with Crippen molar-refractivity contribution in [3.63, 3.8) is 0 Å². The minimum atomic E-state index is -0.292. The number of likely N-dealkylation sites (N-methyl/N-ethyl adjacent to an activating group) is 1. The lowest BCUT2D eigenvalue weighted by Gasteiger charge is -2.47. The van der Waals surface area contributed by atoms with Gasteiger partial charge in [0.2, 0.25) is 13.6 Å². The van der Waals surface area contributed by atoms with E-state index in [4.69, 9.17) is 23.7 Å². The summed E-state index contributed by atoms with van der Waals surface area (Å²) >= 11 is 0. The van der Waals surface area contributed by atoms with Crippen molar-refractivity contribution >= 4 is 5.97 Å². The van der Waals surface area contributed by atoms with Crippen molar-refractivity contribution < 1.29 is 28.5 Å². The molecule has 0 aromatic heterocycles. The maximum Gasteiger partial charge on any atom is 0.323 e. The van der Waals surface area contributed by atoms with E-state index in [0.29, 0.717) is 6.42 Å². The topological polar surface area (TPSA) is 78.5 Å². The number of hydrogen-bond acceptors (Lipinski definition) is 8. The number of carbonyl (C=O) groups is 1. The number of nitrogens with one attached hydrogen (secondary N) is 1. The first-order valence-electron chi connectivity index (χ1n) is 11.7. The largest absolute Gasteiger partial charge is 0.460 e. The lowest BCUT2D eigenvalue weighted by atomic mass is 9.70. The van der Waals surface area contributed by atoms with Crippen molar-refractivity contribution in [2.45, 2.75) is 49.9 Å². The quantitative estimate of drug-likeness (QED) is 0.700. The van der Waals surface area contributed by atoms with Crippen molar-refractivity contribution in [3.8, 4) is 23.0 Å². The Hall–Kier alpha value is -2.97. The molecule has 33 heavy (non-hydrogen) atoms. The molecule has 1 aliphatic carbocycles. The maximum atomic E-state index is 13.1. The van der Waals surface area contributed by atoms with Crippen LogP contribution >= 0.6 is 0 Å². The van der Waals surface area contributed by atoms with Crippen LogP contribution < -0.4 is 24.3 Å². The van der Waals surface area contributed by atoms with E-state index in [1.54, 1.807) is 0 Å². The van der Waals surface area contributed by atoms with E-state index in [2.05, 4.69) is 35.5 Å². The molecule has 8 heteroatoms. The van der Waals surface area contributed by atoms with Crippen molar-refractivity contribution in [3.05, 3.63) is 46.5 Å². The molecular formula is C25H26N2O6. The van der Waals surface area contributed by atoms with Gasteiger partial charge in [-0.3, -0.25) is 9.69 Å². The van der Waals surface area contributed by atoms with E-state index in [1.807, 2.05) is 6.07 Å². The van der Waals surface area contributed by atoms with E-state index in [1.165, 1.54) is 11.1 Å². The van der Waals surface area contributed by atoms with Crippen molar-refractivity contribution in [1.29, 1.82) is 0 Å². The molecule has 8 nitrogen and oxygen atoms in total. The first-order chi connectivity index (χ1) is 16.2. The molecule has 0 radical (unpaired) electrons. The number of nitrogens with zero attached hydrogens (tertiary/aromatic N) is 1. The van der Waals surface area contributed by atoms with Crippen LogP contribution in [0.2, 0.25) is 0 Å². The second-order valence-electron chi connectivity index (χ2n) is 9.49. The van der Waals surface area contributed by atoms with Gasteiger partial charge in [-0.25, -0.2) is 0 Å². The first-order valence-corrected chi connectivity index (χ1v) is 11.7. The van der Waals surface area contributed by atoms with Crippen LogP contribution in [0.4, 0.5) is 0 Å². The van der Waals surface area contributed by atoms with E-state index in [-0.39, 0.29) is 43.7 Å². The lowest BCUT2D eigenvalue weighted by molar-refractivity contribution is -0.154. The number of rotatable bonds is 2. The number of esters is 1. The van der Waals surface area contributed by atoms with Gasteiger partial charge < -0.3 is 29.0 Å². The van der Waals surface area contributed by atoms with Crippen LogP contribution in [0.3, 0.4) is 0 Å². The lowest BCUT2D eigenvalue weighted by Crippen LogP contribution is -2.46. The van der Waals surface area contributed by atoms with Crippen LogP contribution in [-0.4, -0.2) is 50.2 Å². The van der Waals surface area contributed by atoms with E-state index in [0.717, 1.165) is 60.1 Å². The van der Waals surface area contributed by atoms with Gasteiger partial charge in [0.1, 0.15) is 12.1 Å². The molecule has 0 spiro atoms. The Morgan fingerprint density at radius 3 is 2.73 bits per heavy atom. The highest BCUT2D eigenvalue weighted by Crippen LogP contribution is 2.54. The number of ether oxygens (including phenoxy) is 5. The summed E-state index contributed by atoms with van der Waals surface area (Å²) in [5.41, 5.74) is 4.65. The third-order valence-electron chi connectivity index (χ3n) is 7.65. The Morgan fingerprint density at radius 2 is 1.88 bits per heavy atom. The average Bonchev–Trinajstić information content (AvgIpc) is 3.58. The molecule has 1 saturated heterocycles. The van der Waals surface area contributed by atoms with Crippen LogP contribution in [0, 0.1) is 0 Å². The molecule has 2 aromatic rings. The Kier molecular flexibility index (Phi) is 4.29. The van der Waals surface area contributed by atoms with E-state index >= 15 is 0 Å². The van der Waals surface area contributed by atoms with Gasteiger partial charge in [0, 0.05) is 30.5 Å². The smallest absolute Gasteiger partial charge is 0.323 e. The Bertz CT molecular complexity index is 1140. The summed E-state index contributed by atoms with van der Waals surface area (Å²) in [6.45, 7) is 2.06. The SMILES string of the molecule is CN1Cc2c(ccc3c2OCO3)C2C(OC(=O)C3CCCN3)Cc3cc4c(cc3C21)OCO4. The van der Waals surface area contributed by atoms with Gasteiger partial charge in [-0.15, -0.1) is 0 Å². The van der Waals surface area contributed by atoms with Gasteiger partial charge in [0.05, 0.1) is 0 Å². The monoisotopic (exact) mass is 450 g/mol. The molecule has 7 rings (SSSR count). The number of fused-ring (bicyclic) bond motifs is 8. The molecule has 0 saturated carbocycles. The number of benzene rings is 2. The van der Waals surface area contributed by atoms with Crippen molar-refractivity contribution in [2.24, 2.45) is 0 Å². The molecule has 5 aliphatic rings. The zero-order valence-electron chi connectivity index (χ0n) is 18.5. The number of hydrogen-bond donors (Lipinski definition) is 1. The standard InChI is InChI=1S/C25H26N2O6/c1-27-10-16-14(4-5-18-24(16)32-12-29-18)22-21(33-25(28)17-3-2-6-26-17)8-13-7-19-20(31-11-30-19)9-15(13)23(22)27/h4-5,7,9,17,21-23,26H,2-3,6,8,10-12H2,1H3. The fraction of sp³-hybridized carbons (Fsp3) is 0.480. The highest BCUT2D eigenvalue weighted by molar-refractivity contribution is 5.76. The van der Waals surface area contributed by atoms with E-state index in [9.17, 15) is 4.79 Å². The molecule has 4 aliphatic heterocycles. The molecule has 1 N–H and O–H groups in total. The third-order valence-corrected chi connectivity index (χ3v) is 7.65. The first kappa shape index (κ1) is 19.5. The van der Waals surface area contributed by atoms with Gasteiger partial charge in [-0.2, -0.15) is 0 Å². The van der Waals surface area contributed by atoms with Crippen LogP contribution in [0.25, 0.3) is 0 Å². The summed E-state index contributed by atoms with van der Waals surface area (Å²) < 4.78 is 29.1. The summed E-state index contributed by atoms with van der Waals surface area (Å²) in [7, 11) is 2.12. The molecule has 4 heterocycles. The Balaban J connectivity index is 1.35. The van der Waals surface area contributed by atoms with Crippen LogP contribution in [0.5, 0.6) is 23.0 Å². The summed E-state index contributed by atoms with van der Waals surface area (Å²) in [6, 6.07) is 8.10. The maximum absolute atomic E-state index is 13.1. The second-order valence-corrected chi connectivity index (χ2v) is 9.49. The molecule has 2 aromatic carbocycles. The van der Waals surface area contributed by atoms with Gasteiger partial charge in [-0.1, -0.05) is 6.07 Å². The fourth-order valence-electron chi connectivity index (χ4n) is 6.17. The number of carbonyl (C=O) groups excluding carboxylic acids is 1. The molecular weight excluding hydrogens is 424 g/mol. The zero-order chi connectivity index (χ0) is 22.1. The van der Waals surface area contributed by atoms with Crippen LogP contribution in [0.1, 0.15) is 47.1 Å². The van der Waals surface area contributed by atoms with Crippen molar-refractivity contribution in [1.82, 2.24) is 10.2 Å². The van der Waals surface area contributed by atoms with Crippen molar-refractivity contribution in [2.75, 3.05) is 27.2 Å². The highest BCUT2D eigenvalue weighted by Gasteiger charge is 2.47. The summed E-state index contributed by atoms with van der Waals surface area (Å²) in [4.78, 5) is 15.4. The van der Waals surface area contributed by atoms with E-state index < -0.39 is 0 Å².